The van der Waals surface area contributed by atoms with E-state index in [2.05, 4.69) is 20.6 Å². The SMILES string of the molecule is CC1(O)CCC(Nc2nc(NCc3ccccc3C(F)(F)F)ncc2C#N)CC1. The molecule has 1 aromatic heterocycles. The zero-order valence-electron chi connectivity index (χ0n) is 15.9. The maximum absolute atomic E-state index is 13.1. The van der Waals surface area contributed by atoms with Crippen molar-refractivity contribution < 1.29 is 18.3 Å². The molecule has 0 radical (unpaired) electrons. The standard InChI is InChI=1S/C20H22F3N5O/c1-19(29)8-6-15(7-9-19)27-17-14(10-24)12-26-18(28-17)25-11-13-4-2-3-5-16(13)20(21,22)23/h2-5,12,15,29H,6-9,11H2,1H3,(H2,25,26,27,28). The lowest BCUT2D eigenvalue weighted by molar-refractivity contribution is -0.138. The van der Waals surface area contributed by atoms with Crippen LogP contribution in [0.1, 0.15) is 49.3 Å². The van der Waals surface area contributed by atoms with Gasteiger partial charge in [0.2, 0.25) is 5.95 Å². The van der Waals surface area contributed by atoms with E-state index in [9.17, 15) is 23.5 Å². The molecule has 29 heavy (non-hydrogen) atoms. The number of hydrogen-bond donors (Lipinski definition) is 3. The first-order valence-corrected chi connectivity index (χ1v) is 9.33. The van der Waals surface area contributed by atoms with Gasteiger partial charge in [0.05, 0.1) is 17.4 Å². The zero-order valence-corrected chi connectivity index (χ0v) is 15.9. The molecule has 6 nitrogen and oxygen atoms in total. The summed E-state index contributed by atoms with van der Waals surface area (Å²) in [4.78, 5) is 8.31. The molecule has 0 unspecified atom stereocenters. The van der Waals surface area contributed by atoms with Crippen LogP contribution in [-0.4, -0.2) is 26.7 Å². The molecule has 0 atom stereocenters. The van der Waals surface area contributed by atoms with Crippen molar-refractivity contribution in [1.29, 1.82) is 5.26 Å². The fourth-order valence-electron chi connectivity index (χ4n) is 3.36. The number of halogens is 3. The van der Waals surface area contributed by atoms with Gasteiger partial charge in [-0.15, -0.1) is 0 Å². The summed E-state index contributed by atoms with van der Waals surface area (Å²) in [6, 6.07) is 7.37. The molecule has 154 valence electrons. The zero-order chi connectivity index (χ0) is 21.1. The lowest BCUT2D eigenvalue weighted by Crippen LogP contribution is -2.36. The molecule has 1 heterocycles. The number of aliphatic hydroxyl groups is 1. The number of nitrogens with zero attached hydrogens (tertiary/aromatic N) is 3. The van der Waals surface area contributed by atoms with Crippen LogP contribution in [0.25, 0.3) is 0 Å². The van der Waals surface area contributed by atoms with Gasteiger partial charge in [0, 0.05) is 12.6 Å². The van der Waals surface area contributed by atoms with Crippen molar-refractivity contribution in [2.24, 2.45) is 0 Å². The van der Waals surface area contributed by atoms with Crippen LogP contribution in [0.2, 0.25) is 0 Å². The number of hydrogen-bond acceptors (Lipinski definition) is 6. The van der Waals surface area contributed by atoms with E-state index >= 15 is 0 Å². The van der Waals surface area contributed by atoms with E-state index in [0.717, 1.165) is 18.9 Å². The average Bonchev–Trinajstić information content (AvgIpc) is 2.68. The first-order chi connectivity index (χ1) is 13.7. The first kappa shape index (κ1) is 20.9. The Bertz CT molecular complexity index is 898. The fraction of sp³-hybridized carbons (Fsp3) is 0.450. The van der Waals surface area contributed by atoms with Crippen molar-refractivity contribution in [1.82, 2.24) is 9.97 Å². The molecular formula is C20H22F3N5O. The number of alkyl halides is 3. The van der Waals surface area contributed by atoms with Gasteiger partial charge in [-0.05, 0) is 44.2 Å². The summed E-state index contributed by atoms with van der Waals surface area (Å²) in [6.07, 6.45) is -0.383. The summed E-state index contributed by atoms with van der Waals surface area (Å²) in [5.41, 5.74) is -1.06. The van der Waals surface area contributed by atoms with Crippen molar-refractivity contribution in [3.05, 3.63) is 47.2 Å². The second-order valence-corrected chi connectivity index (χ2v) is 7.49. The first-order valence-electron chi connectivity index (χ1n) is 9.33. The van der Waals surface area contributed by atoms with Gasteiger partial charge in [0.1, 0.15) is 17.5 Å². The number of anilines is 2. The molecule has 0 saturated heterocycles. The molecule has 1 saturated carbocycles. The van der Waals surface area contributed by atoms with Gasteiger partial charge in [-0.2, -0.15) is 23.4 Å². The predicted molar refractivity (Wildman–Crippen MR) is 102 cm³/mol. The number of rotatable bonds is 5. The minimum atomic E-state index is -4.45. The quantitative estimate of drug-likeness (QED) is 0.694. The van der Waals surface area contributed by atoms with E-state index in [-0.39, 0.29) is 29.7 Å². The van der Waals surface area contributed by atoms with E-state index in [1.54, 1.807) is 6.92 Å². The predicted octanol–water partition coefficient (Wildman–Crippen LogP) is 4.08. The van der Waals surface area contributed by atoms with Gasteiger partial charge in [-0.3, -0.25) is 0 Å². The van der Waals surface area contributed by atoms with Gasteiger partial charge in [-0.1, -0.05) is 18.2 Å². The largest absolute Gasteiger partial charge is 0.416 e. The van der Waals surface area contributed by atoms with E-state index in [1.165, 1.54) is 24.4 Å². The summed E-state index contributed by atoms with van der Waals surface area (Å²) in [5, 5.41) is 25.4. The highest BCUT2D eigenvalue weighted by Crippen LogP contribution is 2.32. The highest BCUT2D eigenvalue weighted by Gasteiger charge is 2.33. The second kappa shape index (κ2) is 8.25. The van der Waals surface area contributed by atoms with Crippen molar-refractivity contribution >= 4 is 11.8 Å². The maximum Gasteiger partial charge on any atom is 0.416 e. The summed E-state index contributed by atoms with van der Waals surface area (Å²) in [7, 11) is 0. The van der Waals surface area contributed by atoms with E-state index in [1.807, 2.05) is 6.07 Å². The van der Waals surface area contributed by atoms with Crippen molar-refractivity contribution in [2.75, 3.05) is 10.6 Å². The smallest absolute Gasteiger partial charge is 0.390 e. The second-order valence-electron chi connectivity index (χ2n) is 7.49. The van der Waals surface area contributed by atoms with E-state index in [4.69, 9.17) is 0 Å². The van der Waals surface area contributed by atoms with Crippen molar-refractivity contribution in [3.63, 3.8) is 0 Å². The molecule has 0 bridgehead atoms. The fourth-order valence-corrected chi connectivity index (χ4v) is 3.36. The molecule has 2 aromatic rings. The third-order valence-corrected chi connectivity index (χ3v) is 5.07. The Balaban J connectivity index is 1.72. The Kier molecular flexibility index (Phi) is 5.94. The molecule has 0 amide bonds. The summed E-state index contributed by atoms with van der Waals surface area (Å²) < 4.78 is 39.4. The molecule has 3 rings (SSSR count). The summed E-state index contributed by atoms with van der Waals surface area (Å²) in [5.74, 6) is 0.465. The molecule has 1 aromatic carbocycles. The normalized spacial score (nSPS) is 22.0. The van der Waals surface area contributed by atoms with E-state index < -0.39 is 17.3 Å². The number of aromatic nitrogens is 2. The summed E-state index contributed by atoms with van der Waals surface area (Å²) >= 11 is 0. The van der Waals surface area contributed by atoms with Gasteiger partial charge in [0.25, 0.3) is 0 Å². The molecular weight excluding hydrogens is 383 g/mol. The Hall–Kier alpha value is -2.86. The Labute approximate surface area is 166 Å². The van der Waals surface area contributed by atoms with Crippen LogP contribution in [0.3, 0.4) is 0 Å². The lowest BCUT2D eigenvalue weighted by Gasteiger charge is -2.33. The molecule has 1 aliphatic carbocycles. The number of nitriles is 1. The molecule has 0 spiro atoms. The average molecular weight is 405 g/mol. The van der Waals surface area contributed by atoms with Crippen molar-refractivity contribution in [3.8, 4) is 6.07 Å². The highest BCUT2D eigenvalue weighted by molar-refractivity contribution is 5.54. The highest BCUT2D eigenvalue weighted by atomic mass is 19.4. The topological polar surface area (TPSA) is 93.9 Å². The third kappa shape index (κ3) is 5.35. The molecule has 1 aliphatic rings. The molecule has 3 N–H and O–H groups in total. The van der Waals surface area contributed by atoms with Gasteiger partial charge < -0.3 is 15.7 Å². The van der Waals surface area contributed by atoms with Crippen LogP contribution in [0, 0.1) is 11.3 Å². The third-order valence-electron chi connectivity index (χ3n) is 5.07. The van der Waals surface area contributed by atoms with Crippen LogP contribution in [0.15, 0.2) is 30.5 Å². The van der Waals surface area contributed by atoms with E-state index in [0.29, 0.717) is 18.7 Å². The molecule has 9 heteroatoms. The van der Waals surface area contributed by atoms with Gasteiger partial charge in [-0.25, -0.2) is 4.98 Å². The Morgan fingerprint density at radius 3 is 2.62 bits per heavy atom. The van der Waals surface area contributed by atoms with Crippen LogP contribution < -0.4 is 10.6 Å². The van der Waals surface area contributed by atoms with Crippen LogP contribution in [0.5, 0.6) is 0 Å². The number of benzene rings is 1. The van der Waals surface area contributed by atoms with Crippen LogP contribution >= 0.6 is 0 Å². The minimum Gasteiger partial charge on any atom is -0.390 e. The van der Waals surface area contributed by atoms with Gasteiger partial charge in [0.15, 0.2) is 0 Å². The number of nitrogens with one attached hydrogen (secondary N) is 2. The summed E-state index contributed by atoms with van der Waals surface area (Å²) in [6.45, 7) is 1.70. The van der Waals surface area contributed by atoms with Crippen molar-refractivity contribution in [2.45, 2.75) is 57.0 Å². The monoisotopic (exact) mass is 405 g/mol. The van der Waals surface area contributed by atoms with Gasteiger partial charge >= 0.3 is 6.18 Å². The Morgan fingerprint density at radius 2 is 1.97 bits per heavy atom. The lowest BCUT2D eigenvalue weighted by atomic mass is 9.83. The molecule has 0 aliphatic heterocycles. The Morgan fingerprint density at radius 1 is 1.28 bits per heavy atom. The maximum atomic E-state index is 13.1. The van der Waals surface area contributed by atoms with Crippen LogP contribution in [0.4, 0.5) is 24.9 Å². The van der Waals surface area contributed by atoms with Crippen LogP contribution in [-0.2, 0) is 12.7 Å². The molecule has 1 fully saturated rings. The minimum absolute atomic E-state index is 0.0519.